The number of amides is 1. The summed E-state index contributed by atoms with van der Waals surface area (Å²) in [7, 11) is 1.62. The first kappa shape index (κ1) is 14.5. The molecule has 1 aromatic rings. The monoisotopic (exact) mass is 278 g/mol. The summed E-state index contributed by atoms with van der Waals surface area (Å²) in [4.78, 5) is 29.2. The predicted octanol–water partition coefficient (Wildman–Crippen LogP) is 1.42. The Labute approximate surface area is 117 Å². The number of hydrogen-bond donors (Lipinski definition) is 1. The topological polar surface area (TPSA) is 79.7 Å². The van der Waals surface area contributed by atoms with E-state index in [1.165, 1.54) is 18.3 Å². The van der Waals surface area contributed by atoms with Gasteiger partial charge in [-0.15, -0.1) is 0 Å². The van der Waals surface area contributed by atoms with Crippen LogP contribution in [0.15, 0.2) is 18.3 Å². The third-order valence-corrected chi connectivity index (χ3v) is 3.68. The molecule has 6 nitrogen and oxygen atoms in total. The molecule has 1 amide bonds. The van der Waals surface area contributed by atoms with Gasteiger partial charge < -0.3 is 14.7 Å². The average Bonchev–Trinajstić information content (AvgIpc) is 2.46. The van der Waals surface area contributed by atoms with Gasteiger partial charge in [0.25, 0.3) is 5.91 Å². The number of aromatic nitrogens is 1. The zero-order valence-corrected chi connectivity index (χ0v) is 11.6. The van der Waals surface area contributed by atoms with Crippen LogP contribution in [0.5, 0.6) is 0 Å². The van der Waals surface area contributed by atoms with Crippen molar-refractivity contribution in [3.63, 3.8) is 0 Å². The number of nitrogens with zero attached hydrogens (tertiary/aromatic N) is 2. The zero-order chi connectivity index (χ0) is 14.8. The summed E-state index contributed by atoms with van der Waals surface area (Å²) in [5.41, 5.74) is -0.464. The molecule has 0 aromatic carbocycles. The number of aromatic carboxylic acids is 1. The summed E-state index contributed by atoms with van der Waals surface area (Å²) in [5, 5.41) is 9.13. The minimum absolute atomic E-state index is 0.0136. The van der Waals surface area contributed by atoms with Crippen LogP contribution in [0.4, 0.5) is 0 Å². The summed E-state index contributed by atoms with van der Waals surface area (Å²) in [6.07, 6.45) is 3.13. The SMILES string of the molecule is COC1(C)CCCN(C(=O)c2ncccc2C(=O)O)C1. The molecular formula is C14H18N2O4. The van der Waals surface area contributed by atoms with Crippen molar-refractivity contribution >= 4 is 11.9 Å². The highest BCUT2D eigenvalue weighted by atomic mass is 16.5. The molecule has 0 spiro atoms. The van der Waals surface area contributed by atoms with Crippen molar-refractivity contribution in [2.24, 2.45) is 0 Å². The molecule has 1 N–H and O–H groups in total. The predicted molar refractivity (Wildman–Crippen MR) is 71.7 cm³/mol. The quantitative estimate of drug-likeness (QED) is 0.904. The van der Waals surface area contributed by atoms with Gasteiger partial charge in [-0.1, -0.05) is 0 Å². The number of carboxylic acid groups (broad SMARTS) is 1. The first-order chi connectivity index (χ1) is 9.47. The maximum Gasteiger partial charge on any atom is 0.338 e. The van der Waals surface area contributed by atoms with Gasteiger partial charge in [-0.3, -0.25) is 9.78 Å². The normalized spacial score (nSPS) is 22.6. The second-order valence-electron chi connectivity index (χ2n) is 5.19. The fourth-order valence-corrected chi connectivity index (χ4v) is 2.44. The zero-order valence-electron chi connectivity index (χ0n) is 11.6. The van der Waals surface area contributed by atoms with Crippen molar-refractivity contribution in [1.82, 2.24) is 9.88 Å². The van der Waals surface area contributed by atoms with Gasteiger partial charge in [0.2, 0.25) is 0 Å². The minimum Gasteiger partial charge on any atom is -0.478 e. The molecule has 0 radical (unpaired) electrons. The number of carboxylic acids is 1. The van der Waals surface area contributed by atoms with Gasteiger partial charge >= 0.3 is 5.97 Å². The van der Waals surface area contributed by atoms with Crippen molar-refractivity contribution in [3.8, 4) is 0 Å². The molecule has 0 saturated carbocycles. The summed E-state index contributed by atoms with van der Waals surface area (Å²) in [6.45, 7) is 2.98. The molecule has 1 atom stereocenters. The second-order valence-corrected chi connectivity index (χ2v) is 5.19. The lowest BCUT2D eigenvalue weighted by molar-refractivity contribution is -0.0441. The van der Waals surface area contributed by atoms with Crippen molar-refractivity contribution in [2.45, 2.75) is 25.4 Å². The lowest BCUT2D eigenvalue weighted by Gasteiger charge is -2.39. The maximum atomic E-state index is 12.5. The summed E-state index contributed by atoms with van der Waals surface area (Å²) < 4.78 is 5.44. The van der Waals surface area contributed by atoms with Crippen molar-refractivity contribution in [1.29, 1.82) is 0 Å². The van der Waals surface area contributed by atoms with Crippen LogP contribution in [0.2, 0.25) is 0 Å². The highest BCUT2D eigenvalue weighted by Crippen LogP contribution is 2.25. The number of ether oxygens (including phenoxy) is 1. The molecule has 1 aliphatic heterocycles. The number of carbonyl (C=O) groups excluding carboxylic acids is 1. The molecule has 0 aliphatic carbocycles. The highest BCUT2D eigenvalue weighted by Gasteiger charge is 2.34. The van der Waals surface area contributed by atoms with Crippen LogP contribution < -0.4 is 0 Å². The van der Waals surface area contributed by atoms with Crippen LogP contribution in [0.1, 0.15) is 40.6 Å². The first-order valence-electron chi connectivity index (χ1n) is 6.49. The summed E-state index contributed by atoms with van der Waals surface area (Å²) in [6, 6.07) is 2.90. The van der Waals surface area contributed by atoms with E-state index < -0.39 is 5.97 Å². The van der Waals surface area contributed by atoms with Gasteiger partial charge in [-0.2, -0.15) is 0 Å². The fourth-order valence-electron chi connectivity index (χ4n) is 2.44. The van der Waals surface area contributed by atoms with E-state index in [4.69, 9.17) is 9.84 Å². The van der Waals surface area contributed by atoms with Crippen LogP contribution in [-0.4, -0.2) is 52.7 Å². The Kier molecular flexibility index (Phi) is 4.04. The van der Waals surface area contributed by atoms with Crippen LogP contribution in [-0.2, 0) is 4.74 Å². The summed E-state index contributed by atoms with van der Waals surface area (Å²) in [5.74, 6) is -1.50. The van der Waals surface area contributed by atoms with E-state index in [1.807, 2.05) is 6.92 Å². The van der Waals surface area contributed by atoms with Gasteiger partial charge in [0.1, 0.15) is 5.69 Å². The van der Waals surface area contributed by atoms with E-state index in [9.17, 15) is 9.59 Å². The molecule has 1 aromatic heterocycles. The third kappa shape index (κ3) is 2.80. The van der Waals surface area contributed by atoms with Crippen LogP contribution in [0.25, 0.3) is 0 Å². The van der Waals surface area contributed by atoms with Crippen molar-refractivity contribution < 1.29 is 19.4 Å². The Morgan fingerprint density at radius 1 is 1.50 bits per heavy atom. The maximum absolute atomic E-state index is 12.5. The number of hydrogen-bond acceptors (Lipinski definition) is 4. The standard InChI is InChI=1S/C14H18N2O4/c1-14(20-2)6-4-8-16(9-14)12(17)11-10(13(18)19)5-3-7-15-11/h3,5,7H,4,6,8-9H2,1-2H3,(H,18,19). The largest absolute Gasteiger partial charge is 0.478 e. The molecule has 1 saturated heterocycles. The smallest absolute Gasteiger partial charge is 0.338 e. The molecule has 6 heteroatoms. The minimum atomic E-state index is -1.15. The van der Waals surface area contributed by atoms with Gasteiger partial charge in [0.05, 0.1) is 11.2 Å². The van der Waals surface area contributed by atoms with Crippen LogP contribution >= 0.6 is 0 Å². The van der Waals surface area contributed by atoms with E-state index in [2.05, 4.69) is 4.98 Å². The van der Waals surface area contributed by atoms with E-state index >= 15 is 0 Å². The average molecular weight is 278 g/mol. The Morgan fingerprint density at radius 3 is 2.90 bits per heavy atom. The molecule has 1 aliphatic rings. The van der Waals surface area contributed by atoms with Crippen LogP contribution in [0, 0.1) is 0 Å². The Hall–Kier alpha value is -1.95. The molecule has 1 unspecified atom stereocenters. The lowest BCUT2D eigenvalue weighted by Crippen LogP contribution is -2.50. The second kappa shape index (κ2) is 5.58. The molecule has 0 bridgehead atoms. The van der Waals surface area contributed by atoms with Crippen molar-refractivity contribution in [2.75, 3.05) is 20.2 Å². The number of rotatable bonds is 3. The molecule has 20 heavy (non-hydrogen) atoms. The van der Waals surface area contributed by atoms with Gasteiger partial charge in [-0.25, -0.2) is 4.79 Å². The third-order valence-electron chi connectivity index (χ3n) is 3.68. The van der Waals surface area contributed by atoms with Gasteiger partial charge in [-0.05, 0) is 31.9 Å². The lowest BCUT2D eigenvalue weighted by atomic mass is 9.94. The molecular weight excluding hydrogens is 260 g/mol. The van der Waals surface area contributed by atoms with E-state index in [0.717, 1.165) is 12.8 Å². The van der Waals surface area contributed by atoms with E-state index in [1.54, 1.807) is 12.0 Å². The van der Waals surface area contributed by atoms with Crippen molar-refractivity contribution in [3.05, 3.63) is 29.6 Å². The number of carbonyl (C=O) groups is 2. The Bertz CT molecular complexity index is 532. The number of methoxy groups -OCH3 is 1. The Balaban J connectivity index is 2.26. The van der Waals surface area contributed by atoms with Gasteiger partial charge in [0, 0.05) is 26.4 Å². The number of likely N-dealkylation sites (tertiary alicyclic amines) is 1. The van der Waals surface area contributed by atoms with E-state index in [0.29, 0.717) is 13.1 Å². The van der Waals surface area contributed by atoms with E-state index in [-0.39, 0.29) is 22.8 Å². The number of pyridine rings is 1. The molecule has 1 fully saturated rings. The fraction of sp³-hybridized carbons (Fsp3) is 0.500. The molecule has 2 rings (SSSR count). The van der Waals surface area contributed by atoms with Gasteiger partial charge in [0.15, 0.2) is 0 Å². The first-order valence-corrected chi connectivity index (χ1v) is 6.49. The number of piperidine rings is 1. The highest BCUT2D eigenvalue weighted by molar-refractivity contribution is 6.03. The Morgan fingerprint density at radius 2 is 2.25 bits per heavy atom. The summed E-state index contributed by atoms with van der Waals surface area (Å²) >= 11 is 0. The molecule has 2 heterocycles. The van der Waals surface area contributed by atoms with Crippen LogP contribution in [0.3, 0.4) is 0 Å². The molecule has 108 valence electrons.